The molecule has 0 fully saturated rings. The molecule has 2 aromatic carbocycles. The Morgan fingerprint density at radius 2 is 1.74 bits per heavy atom. The van der Waals surface area contributed by atoms with Crippen LogP contribution in [0, 0.1) is 6.92 Å². The second kappa shape index (κ2) is 6.63. The van der Waals surface area contributed by atoms with Crippen molar-refractivity contribution in [3.63, 3.8) is 0 Å². The Balaban J connectivity index is 2.25. The molecule has 0 amide bonds. The van der Waals surface area contributed by atoms with Gasteiger partial charge in [-0.1, -0.05) is 49.2 Å². The first kappa shape index (κ1) is 14.0. The summed E-state index contributed by atoms with van der Waals surface area (Å²) in [4.78, 5) is 0. The lowest BCUT2D eigenvalue weighted by Gasteiger charge is -2.14. The van der Waals surface area contributed by atoms with Crippen molar-refractivity contribution in [2.75, 3.05) is 5.32 Å². The van der Waals surface area contributed by atoms with Gasteiger partial charge in [0.1, 0.15) is 0 Å². The molecule has 2 heteroatoms. The number of aryl methyl sites for hydroxylation is 1. The fourth-order valence-corrected chi connectivity index (χ4v) is 2.29. The van der Waals surface area contributed by atoms with Crippen molar-refractivity contribution in [3.05, 3.63) is 58.6 Å². The molecule has 2 aromatic rings. The summed E-state index contributed by atoms with van der Waals surface area (Å²) in [6, 6.07) is 14.5. The van der Waals surface area contributed by atoms with Gasteiger partial charge in [0.15, 0.2) is 0 Å². The number of anilines is 2. The summed E-state index contributed by atoms with van der Waals surface area (Å²) in [6.07, 6.45) is 3.54. The SMILES string of the molecule is CCCCc1ccccc1Nc1cccc(Cl)c1C. The molecule has 0 aliphatic heterocycles. The zero-order valence-corrected chi connectivity index (χ0v) is 12.3. The molecule has 0 bridgehead atoms. The lowest BCUT2D eigenvalue weighted by molar-refractivity contribution is 0.796. The molecule has 0 aliphatic carbocycles. The Morgan fingerprint density at radius 3 is 2.53 bits per heavy atom. The highest BCUT2D eigenvalue weighted by Gasteiger charge is 2.05. The standard InChI is InChI=1S/C17H20ClN/c1-3-4-8-14-9-5-6-11-17(14)19-16-12-7-10-15(18)13(16)2/h5-7,9-12,19H,3-4,8H2,1-2H3. The van der Waals surface area contributed by atoms with Gasteiger partial charge in [-0.25, -0.2) is 0 Å². The third kappa shape index (κ3) is 3.51. The molecule has 2 rings (SSSR count). The Labute approximate surface area is 120 Å². The minimum Gasteiger partial charge on any atom is -0.355 e. The number of unbranched alkanes of at least 4 members (excludes halogenated alkanes) is 1. The van der Waals surface area contributed by atoms with E-state index in [-0.39, 0.29) is 0 Å². The Bertz CT molecular complexity index is 549. The first-order chi connectivity index (χ1) is 9.22. The van der Waals surface area contributed by atoms with E-state index in [9.17, 15) is 0 Å². The molecular weight excluding hydrogens is 254 g/mol. The van der Waals surface area contributed by atoms with Gasteiger partial charge < -0.3 is 5.32 Å². The van der Waals surface area contributed by atoms with E-state index in [1.807, 2.05) is 19.1 Å². The fourth-order valence-electron chi connectivity index (χ4n) is 2.12. The molecule has 100 valence electrons. The predicted molar refractivity (Wildman–Crippen MR) is 84.5 cm³/mol. The zero-order valence-electron chi connectivity index (χ0n) is 11.5. The number of hydrogen-bond donors (Lipinski definition) is 1. The lowest BCUT2D eigenvalue weighted by Crippen LogP contribution is -1.98. The van der Waals surface area contributed by atoms with Gasteiger partial charge in [0, 0.05) is 16.4 Å². The summed E-state index contributed by atoms with van der Waals surface area (Å²) >= 11 is 6.16. The van der Waals surface area contributed by atoms with Crippen molar-refractivity contribution in [2.24, 2.45) is 0 Å². The molecule has 0 heterocycles. The maximum absolute atomic E-state index is 6.16. The second-order valence-corrected chi connectivity index (χ2v) is 5.21. The van der Waals surface area contributed by atoms with E-state index in [2.05, 4.69) is 42.6 Å². The molecule has 0 atom stereocenters. The predicted octanol–water partition coefficient (Wildman–Crippen LogP) is 5.73. The van der Waals surface area contributed by atoms with Crippen LogP contribution in [0.4, 0.5) is 11.4 Å². The van der Waals surface area contributed by atoms with Gasteiger partial charge in [0.2, 0.25) is 0 Å². The van der Waals surface area contributed by atoms with E-state index < -0.39 is 0 Å². The van der Waals surface area contributed by atoms with Crippen LogP contribution in [0.5, 0.6) is 0 Å². The maximum Gasteiger partial charge on any atom is 0.0455 e. The number of nitrogens with one attached hydrogen (secondary N) is 1. The molecule has 0 saturated carbocycles. The Kier molecular flexibility index (Phi) is 4.86. The molecule has 0 unspecified atom stereocenters. The quantitative estimate of drug-likeness (QED) is 0.733. The highest BCUT2D eigenvalue weighted by atomic mass is 35.5. The van der Waals surface area contributed by atoms with Crippen molar-refractivity contribution in [1.82, 2.24) is 0 Å². The number of rotatable bonds is 5. The van der Waals surface area contributed by atoms with Crippen LogP contribution in [-0.4, -0.2) is 0 Å². The summed E-state index contributed by atoms with van der Waals surface area (Å²) in [6.45, 7) is 4.26. The van der Waals surface area contributed by atoms with Crippen molar-refractivity contribution in [2.45, 2.75) is 33.1 Å². The van der Waals surface area contributed by atoms with Gasteiger partial charge in [-0.05, 0) is 49.1 Å². The van der Waals surface area contributed by atoms with Gasteiger partial charge in [-0.15, -0.1) is 0 Å². The summed E-state index contributed by atoms with van der Waals surface area (Å²) < 4.78 is 0. The normalized spacial score (nSPS) is 10.5. The van der Waals surface area contributed by atoms with Gasteiger partial charge in [0.25, 0.3) is 0 Å². The van der Waals surface area contributed by atoms with Gasteiger partial charge in [0.05, 0.1) is 0 Å². The molecule has 0 saturated heterocycles. The van der Waals surface area contributed by atoms with Gasteiger partial charge in [-0.2, -0.15) is 0 Å². The van der Waals surface area contributed by atoms with E-state index >= 15 is 0 Å². The van der Waals surface area contributed by atoms with Crippen molar-refractivity contribution in [1.29, 1.82) is 0 Å². The van der Waals surface area contributed by atoms with Gasteiger partial charge in [-0.3, -0.25) is 0 Å². The average Bonchev–Trinajstić information content (AvgIpc) is 2.43. The zero-order chi connectivity index (χ0) is 13.7. The third-order valence-electron chi connectivity index (χ3n) is 3.35. The highest BCUT2D eigenvalue weighted by Crippen LogP contribution is 2.28. The Hall–Kier alpha value is -1.47. The first-order valence-electron chi connectivity index (χ1n) is 6.82. The van der Waals surface area contributed by atoms with Crippen molar-refractivity contribution < 1.29 is 0 Å². The summed E-state index contributed by atoms with van der Waals surface area (Å²) in [5.41, 5.74) is 4.72. The molecule has 1 nitrogen and oxygen atoms in total. The van der Waals surface area contributed by atoms with E-state index in [4.69, 9.17) is 11.6 Å². The van der Waals surface area contributed by atoms with E-state index in [0.717, 1.165) is 22.7 Å². The first-order valence-corrected chi connectivity index (χ1v) is 7.20. The summed E-state index contributed by atoms with van der Waals surface area (Å²) in [5.74, 6) is 0. The summed E-state index contributed by atoms with van der Waals surface area (Å²) in [5, 5.41) is 4.31. The lowest BCUT2D eigenvalue weighted by atomic mass is 10.1. The fraction of sp³-hybridized carbons (Fsp3) is 0.294. The average molecular weight is 274 g/mol. The van der Waals surface area contributed by atoms with Crippen LogP contribution in [0.25, 0.3) is 0 Å². The monoisotopic (exact) mass is 273 g/mol. The second-order valence-electron chi connectivity index (χ2n) is 4.80. The molecule has 19 heavy (non-hydrogen) atoms. The van der Waals surface area contributed by atoms with Crippen LogP contribution >= 0.6 is 11.6 Å². The summed E-state index contributed by atoms with van der Waals surface area (Å²) in [7, 11) is 0. The molecule has 0 spiro atoms. The smallest absolute Gasteiger partial charge is 0.0455 e. The van der Waals surface area contributed by atoms with Crippen molar-refractivity contribution >= 4 is 23.0 Å². The number of hydrogen-bond acceptors (Lipinski definition) is 1. The largest absolute Gasteiger partial charge is 0.355 e. The van der Waals surface area contributed by atoms with Crippen LogP contribution in [0.1, 0.15) is 30.9 Å². The molecular formula is C17H20ClN. The number of para-hydroxylation sites is 1. The molecule has 0 aromatic heterocycles. The number of halogens is 1. The van der Waals surface area contributed by atoms with Crippen molar-refractivity contribution in [3.8, 4) is 0 Å². The van der Waals surface area contributed by atoms with Crippen LogP contribution in [0.15, 0.2) is 42.5 Å². The van der Waals surface area contributed by atoms with E-state index in [1.54, 1.807) is 0 Å². The Morgan fingerprint density at radius 1 is 1.00 bits per heavy atom. The highest BCUT2D eigenvalue weighted by molar-refractivity contribution is 6.31. The van der Waals surface area contributed by atoms with Crippen LogP contribution in [0.3, 0.4) is 0 Å². The molecule has 0 radical (unpaired) electrons. The van der Waals surface area contributed by atoms with E-state index in [1.165, 1.54) is 24.1 Å². The minimum atomic E-state index is 0.802. The van der Waals surface area contributed by atoms with Gasteiger partial charge >= 0.3 is 0 Å². The van der Waals surface area contributed by atoms with Crippen LogP contribution in [0.2, 0.25) is 5.02 Å². The molecule has 1 N–H and O–H groups in total. The maximum atomic E-state index is 6.16. The minimum absolute atomic E-state index is 0.802. The van der Waals surface area contributed by atoms with Crippen LogP contribution in [-0.2, 0) is 6.42 Å². The van der Waals surface area contributed by atoms with E-state index in [0.29, 0.717) is 0 Å². The molecule has 0 aliphatic rings. The van der Waals surface area contributed by atoms with Crippen LogP contribution < -0.4 is 5.32 Å². The third-order valence-corrected chi connectivity index (χ3v) is 3.76. The topological polar surface area (TPSA) is 12.0 Å². The number of benzene rings is 2.